The summed E-state index contributed by atoms with van der Waals surface area (Å²) >= 11 is 1.76. The third-order valence-corrected chi connectivity index (χ3v) is 4.59. The number of hydrogen-bond donors (Lipinski definition) is 0. The summed E-state index contributed by atoms with van der Waals surface area (Å²) in [5, 5.41) is 1.23. The number of hydrogen-bond acceptors (Lipinski definition) is 3. The molecule has 0 aliphatic heterocycles. The normalized spacial score (nSPS) is 10.6. The Morgan fingerprint density at radius 3 is 2.16 bits per heavy atom. The van der Waals surface area contributed by atoms with E-state index in [0.29, 0.717) is 0 Å². The zero-order valence-electron chi connectivity index (χ0n) is 10.00. The van der Waals surface area contributed by atoms with Crippen molar-refractivity contribution in [2.75, 3.05) is 0 Å². The third kappa shape index (κ3) is 2.60. The van der Waals surface area contributed by atoms with Gasteiger partial charge in [0.05, 0.1) is 18.9 Å². The van der Waals surface area contributed by atoms with Gasteiger partial charge in [-0.1, -0.05) is 0 Å². The molecule has 1 heterocycles. The summed E-state index contributed by atoms with van der Waals surface area (Å²) in [6.45, 7) is 0. The number of rotatable bonds is 3. The molecule has 2 aromatic carbocycles. The minimum atomic E-state index is 0.841. The SMILES string of the molecule is POc1ccc(-c2cc3ccc(OP)cc3s2)cc1. The van der Waals surface area contributed by atoms with Crippen molar-refractivity contribution in [3.63, 3.8) is 0 Å². The summed E-state index contributed by atoms with van der Waals surface area (Å²) in [5.74, 6) is 1.70. The molecular weight excluding hydrogens is 294 g/mol. The predicted molar refractivity (Wildman–Crippen MR) is 87.9 cm³/mol. The highest BCUT2D eigenvalue weighted by molar-refractivity contribution is 7.22. The average Bonchev–Trinajstić information content (AvgIpc) is 2.90. The molecule has 19 heavy (non-hydrogen) atoms. The fourth-order valence-corrected chi connectivity index (χ4v) is 3.33. The highest BCUT2D eigenvalue weighted by atomic mass is 32.1. The molecule has 0 amide bonds. The van der Waals surface area contributed by atoms with E-state index in [2.05, 4.69) is 49.3 Å². The third-order valence-electron chi connectivity index (χ3n) is 2.90. The lowest BCUT2D eigenvalue weighted by Crippen LogP contribution is -1.74. The molecule has 0 aliphatic rings. The Hall–Kier alpha value is -1.14. The molecule has 0 saturated carbocycles. The van der Waals surface area contributed by atoms with Crippen LogP contribution in [0.15, 0.2) is 48.5 Å². The summed E-state index contributed by atoms with van der Waals surface area (Å²) in [6, 6.07) is 16.4. The maximum Gasteiger partial charge on any atom is 0.123 e. The molecule has 3 aromatic rings. The topological polar surface area (TPSA) is 18.5 Å². The molecule has 0 aliphatic carbocycles. The van der Waals surface area contributed by atoms with Gasteiger partial charge in [0.2, 0.25) is 0 Å². The van der Waals surface area contributed by atoms with Crippen LogP contribution in [0.3, 0.4) is 0 Å². The monoisotopic (exact) mass is 306 g/mol. The van der Waals surface area contributed by atoms with Gasteiger partial charge >= 0.3 is 0 Å². The van der Waals surface area contributed by atoms with E-state index < -0.39 is 0 Å². The first-order chi connectivity index (χ1) is 9.30. The van der Waals surface area contributed by atoms with Gasteiger partial charge in [0.15, 0.2) is 0 Å². The summed E-state index contributed by atoms with van der Waals surface area (Å²) in [5.41, 5.74) is 1.19. The zero-order valence-corrected chi connectivity index (χ0v) is 13.1. The van der Waals surface area contributed by atoms with Crippen molar-refractivity contribution in [1.82, 2.24) is 0 Å². The Labute approximate surface area is 120 Å². The molecule has 0 radical (unpaired) electrons. The Bertz CT molecular complexity index is 707. The molecule has 0 N–H and O–H groups in total. The van der Waals surface area contributed by atoms with E-state index in [0.717, 1.165) is 11.5 Å². The van der Waals surface area contributed by atoms with Crippen LogP contribution in [0.2, 0.25) is 0 Å². The number of fused-ring (bicyclic) bond motifs is 1. The van der Waals surface area contributed by atoms with Crippen LogP contribution in [0, 0.1) is 0 Å². The Morgan fingerprint density at radius 2 is 1.47 bits per heavy atom. The summed E-state index contributed by atoms with van der Waals surface area (Å²) in [6.07, 6.45) is 0. The van der Waals surface area contributed by atoms with E-state index in [4.69, 9.17) is 9.05 Å². The van der Waals surface area contributed by atoms with Crippen LogP contribution >= 0.6 is 30.3 Å². The van der Waals surface area contributed by atoms with Gasteiger partial charge in [0.25, 0.3) is 0 Å². The van der Waals surface area contributed by atoms with Crippen LogP contribution in [-0.2, 0) is 0 Å². The van der Waals surface area contributed by atoms with Crippen molar-refractivity contribution >= 4 is 40.4 Å². The van der Waals surface area contributed by atoms with Crippen molar-refractivity contribution < 1.29 is 9.05 Å². The van der Waals surface area contributed by atoms with Crippen molar-refractivity contribution in [3.8, 4) is 21.9 Å². The van der Waals surface area contributed by atoms with Crippen LogP contribution in [0.1, 0.15) is 0 Å². The second-order valence-electron chi connectivity index (χ2n) is 4.07. The minimum absolute atomic E-state index is 0.841. The largest absolute Gasteiger partial charge is 0.480 e. The summed E-state index contributed by atoms with van der Waals surface area (Å²) in [7, 11) is 4.53. The fourth-order valence-electron chi connectivity index (χ4n) is 1.92. The maximum atomic E-state index is 5.17. The highest BCUT2D eigenvalue weighted by Crippen LogP contribution is 2.36. The van der Waals surface area contributed by atoms with Crippen LogP contribution < -0.4 is 9.05 Å². The van der Waals surface area contributed by atoms with Gasteiger partial charge in [0.1, 0.15) is 11.5 Å². The van der Waals surface area contributed by atoms with Crippen molar-refractivity contribution in [3.05, 3.63) is 48.5 Å². The van der Waals surface area contributed by atoms with Crippen LogP contribution in [0.5, 0.6) is 11.5 Å². The van der Waals surface area contributed by atoms with Gasteiger partial charge in [-0.3, -0.25) is 0 Å². The summed E-state index contributed by atoms with van der Waals surface area (Å²) in [4.78, 5) is 1.24. The first kappa shape index (κ1) is 12.9. The lowest BCUT2D eigenvalue weighted by Gasteiger charge is -2.00. The molecule has 3 rings (SSSR count). The molecule has 2 unspecified atom stereocenters. The van der Waals surface area contributed by atoms with Gasteiger partial charge in [0, 0.05) is 9.58 Å². The van der Waals surface area contributed by atoms with Crippen LogP contribution in [0.25, 0.3) is 20.5 Å². The molecule has 5 heteroatoms. The smallest absolute Gasteiger partial charge is 0.123 e. The van der Waals surface area contributed by atoms with Crippen LogP contribution in [0.4, 0.5) is 0 Å². The van der Waals surface area contributed by atoms with Gasteiger partial charge in [-0.15, -0.1) is 11.3 Å². The van der Waals surface area contributed by atoms with Gasteiger partial charge in [-0.25, -0.2) is 0 Å². The molecular formula is C14H12O2P2S. The van der Waals surface area contributed by atoms with E-state index >= 15 is 0 Å². The van der Waals surface area contributed by atoms with Crippen LogP contribution in [-0.4, -0.2) is 0 Å². The van der Waals surface area contributed by atoms with Gasteiger partial charge in [-0.05, 0) is 59.5 Å². The molecule has 0 bridgehead atoms. The molecule has 0 spiro atoms. The second-order valence-corrected chi connectivity index (χ2v) is 5.63. The van der Waals surface area contributed by atoms with E-state index in [1.54, 1.807) is 11.3 Å². The van der Waals surface area contributed by atoms with E-state index in [1.807, 2.05) is 18.2 Å². The van der Waals surface area contributed by atoms with E-state index in [1.165, 1.54) is 20.5 Å². The molecule has 1 aromatic heterocycles. The number of benzene rings is 2. The molecule has 2 atom stereocenters. The van der Waals surface area contributed by atoms with Gasteiger partial charge < -0.3 is 9.05 Å². The average molecular weight is 306 g/mol. The maximum absolute atomic E-state index is 5.17. The molecule has 2 nitrogen and oxygen atoms in total. The van der Waals surface area contributed by atoms with E-state index in [-0.39, 0.29) is 0 Å². The lowest BCUT2D eigenvalue weighted by molar-refractivity contribution is 0.646. The first-order valence-electron chi connectivity index (χ1n) is 5.67. The standard InChI is InChI=1S/C14H12O2P2S/c17-15-11-4-1-9(2-5-11)13-7-10-3-6-12(16-18)8-14(10)19-13/h1-8H,17-18H2. The fraction of sp³-hybridized carbons (Fsp3) is 0. The first-order valence-corrected chi connectivity index (χ1v) is 7.43. The molecule has 0 fully saturated rings. The Morgan fingerprint density at radius 1 is 0.789 bits per heavy atom. The second kappa shape index (κ2) is 5.46. The zero-order chi connectivity index (χ0) is 13.2. The van der Waals surface area contributed by atoms with Crippen molar-refractivity contribution in [2.24, 2.45) is 0 Å². The molecule has 0 saturated heterocycles. The lowest BCUT2D eigenvalue weighted by atomic mass is 10.1. The summed E-state index contributed by atoms with van der Waals surface area (Å²) < 4.78 is 11.5. The molecule has 96 valence electrons. The van der Waals surface area contributed by atoms with Gasteiger partial charge in [-0.2, -0.15) is 0 Å². The Balaban J connectivity index is 2.04. The minimum Gasteiger partial charge on any atom is -0.480 e. The predicted octanol–water partition coefficient (Wildman–Crippen LogP) is 4.91. The number of thiophene rings is 1. The van der Waals surface area contributed by atoms with Crippen molar-refractivity contribution in [2.45, 2.75) is 0 Å². The highest BCUT2D eigenvalue weighted by Gasteiger charge is 2.05. The Kier molecular flexibility index (Phi) is 3.70. The van der Waals surface area contributed by atoms with E-state index in [9.17, 15) is 0 Å². The van der Waals surface area contributed by atoms with Crippen molar-refractivity contribution in [1.29, 1.82) is 0 Å². The quantitative estimate of drug-likeness (QED) is 0.640.